The lowest BCUT2D eigenvalue weighted by Gasteiger charge is -2.26. The predicted molar refractivity (Wildman–Crippen MR) is 79.4 cm³/mol. The van der Waals surface area contributed by atoms with E-state index in [1.165, 1.54) is 6.20 Å². The fourth-order valence-corrected chi connectivity index (χ4v) is 2.20. The molecule has 1 heterocycles. The van der Waals surface area contributed by atoms with Crippen molar-refractivity contribution in [1.29, 1.82) is 0 Å². The molecule has 7 heteroatoms. The van der Waals surface area contributed by atoms with Crippen LogP contribution in [-0.2, 0) is 4.79 Å². The van der Waals surface area contributed by atoms with Gasteiger partial charge < -0.3 is 10.4 Å². The molecule has 0 fully saturated rings. The first kappa shape index (κ1) is 16.9. The number of nitrogens with zero attached hydrogens (tertiary/aromatic N) is 2. The SMILES string of the molecule is Cc1ccnc(NC(CC(=O)O)CC(C)(C)C)c1[N+](=O)[O-]. The molecule has 7 nitrogen and oxygen atoms in total. The molecule has 0 aliphatic carbocycles. The van der Waals surface area contributed by atoms with E-state index in [9.17, 15) is 14.9 Å². The van der Waals surface area contributed by atoms with Gasteiger partial charge >= 0.3 is 11.7 Å². The van der Waals surface area contributed by atoms with Gasteiger partial charge in [0.2, 0.25) is 5.82 Å². The van der Waals surface area contributed by atoms with Gasteiger partial charge in [-0.2, -0.15) is 0 Å². The Morgan fingerprint density at radius 2 is 2.14 bits per heavy atom. The summed E-state index contributed by atoms with van der Waals surface area (Å²) in [7, 11) is 0. The van der Waals surface area contributed by atoms with Gasteiger partial charge in [0, 0.05) is 17.8 Å². The summed E-state index contributed by atoms with van der Waals surface area (Å²) < 4.78 is 0. The van der Waals surface area contributed by atoms with Crippen LogP contribution in [0, 0.1) is 22.5 Å². The molecule has 1 atom stereocenters. The van der Waals surface area contributed by atoms with Crippen molar-refractivity contribution in [1.82, 2.24) is 4.98 Å². The van der Waals surface area contributed by atoms with Crippen molar-refractivity contribution in [2.45, 2.75) is 46.6 Å². The van der Waals surface area contributed by atoms with Crippen molar-refractivity contribution in [3.05, 3.63) is 27.9 Å². The number of carboxylic acids is 1. The van der Waals surface area contributed by atoms with E-state index in [1.807, 2.05) is 20.8 Å². The summed E-state index contributed by atoms with van der Waals surface area (Å²) in [6.45, 7) is 7.59. The van der Waals surface area contributed by atoms with E-state index in [0.717, 1.165) is 0 Å². The molecular weight excluding hydrogens is 274 g/mol. The highest BCUT2D eigenvalue weighted by atomic mass is 16.6. The van der Waals surface area contributed by atoms with E-state index >= 15 is 0 Å². The minimum Gasteiger partial charge on any atom is -0.481 e. The normalized spacial score (nSPS) is 12.8. The molecule has 0 aliphatic rings. The molecule has 1 aromatic heterocycles. The molecule has 1 aromatic rings. The van der Waals surface area contributed by atoms with Crippen LogP contribution in [0.1, 0.15) is 39.2 Å². The van der Waals surface area contributed by atoms with E-state index in [-0.39, 0.29) is 23.3 Å². The Labute approximate surface area is 123 Å². The van der Waals surface area contributed by atoms with Crippen molar-refractivity contribution >= 4 is 17.5 Å². The molecule has 0 amide bonds. The van der Waals surface area contributed by atoms with E-state index in [2.05, 4.69) is 10.3 Å². The Hall–Kier alpha value is -2.18. The topological polar surface area (TPSA) is 105 Å². The van der Waals surface area contributed by atoms with Gasteiger partial charge in [-0.1, -0.05) is 20.8 Å². The highest BCUT2D eigenvalue weighted by molar-refractivity contribution is 5.69. The van der Waals surface area contributed by atoms with Crippen LogP contribution in [-0.4, -0.2) is 27.0 Å². The van der Waals surface area contributed by atoms with Crippen LogP contribution in [0.2, 0.25) is 0 Å². The van der Waals surface area contributed by atoms with Gasteiger partial charge in [-0.15, -0.1) is 0 Å². The highest BCUT2D eigenvalue weighted by Crippen LogP contribution is 2.29. The third-order valence-corrected chi connectivity index (χ3v) is 2.93. The van der Waals surface area contributed by atoms with E-state index in [1.54, 1.807) is 13.0 Å². The lowest BCUT2D eigenvalue weighted by Crippen LogP contribution is -2.29. The van der Waals surface area contributed by atoms with Gasteiger partial charge in [0.15, 0.2) is 0 Å². The molecule has 0 aromatic carbocycles. The Kier molecular flexibility index (Phi) is 5.23. The lowest BCUT2D eigenvalue weighted by atomic mass is 9.87. The Bertz CT molecular complexity index is 538. The molecule has 21 heavy (non-hydrogen) atoms. The van der Waals surface area contributed by atoms with Gasteiger partial charge in [0.25, 0.3) is 0 Å². The molecule has 0 aliphatic heterocycles. The summed E-state index contributed by atoms with van der Waals surface area (Å²) in [5.41, 5.74) is 0.273. The molecule has 0 radical (unpaired) electrons. The van der Waals surface area contributed by atoms with Crippen molar-refractivity contribution < 1.29 is 14.8 Å². The van der Waals surface area contributed by atoms with Gasteiger partial charge in [-0.05, 0) is 24.8 Å². The first-order chi connectivity index (χ1) is 9.60. The van der Waals surface area contributed by atoms with Gasteiger partial charge in [-0.25, -0.2) is 4.98 Å². The van der Waals surface area contributed by atoms with E-state index < -0.39 is 16.9 Å². The molecule has 1 unspecified atom stereocenters. The molecule has 1 rings (SSSR count). The number of nitrogens with one attached hydrogen (secondary N) is 1. The third kappa shape index (κ3) is 5.37. The zero-order chi connectivity index (χ0) is 16.2. The zero-order valence-corrected chi connectivity index (χ0v) is 12.7. The van der Waals surface area contributed by atoms with Crippen LogP contribution in [0.3, 0.4) is 0 Å². The number of hydrogen-bond donors (Lipinski definition) is 2. The number of anilines is 1. The van der Waals surface area contributed by atoms with Crippen LogP contribution >= 0.6 is 0 Å². The monoisotopic (exact) mass is 295 g/mol. The van der Waals surface area contributed by atoms with Gasteiger partial charge in [0.05, 0.1) is 11.3 Å². The third-order valence-electron chi connectivity index (χ3n) is 2.93. The number of aromatic nitrogens is 1. The summed E-state index contributed by atoms with van der Waals surface area (Å²) in [6, 6.07) is 1.13. The van der Waals surface area contributed by atoms with Crippen LogP contribution in [0.15, 0.2) is 12.3 Å². The van der Waals surface area contributed by atoms with Crippen molar-refractivity contribution in [3.8, 4) is 0 Å². The van der Waals surface area contributed by atoms with Gasteiger partial charge in [0.1, 0.15) is 0 Å². The van der Waals surface area contributed by atoms with Crippen LogP contribution in [0.4, 0.5) is 11.5 Å². The van der Waals surface area contributed by atoms with Crippen LogP contribution in [0.25, 0.3) is 0 Å². The summed E-state index contributed by atoms with van der Waals surface area (Å²) >= 11 is 0. The number of pyridine rings is 1. The van der Waals surface area contributed by atoms with Crippen LogP contribution in [0.5, 0.6) is 0 Å². The number of hydrogen-bond acceptors (Lipinski definition) is 5. The smallest absolute Gasteiger partial charge is 0.314 e. The van der Waals surface area contributed by atoms with E-state index in [0.29, 0.717) is 12.0 Å². The second kappa shape index (κ2) is 6.51. The van der Waals surface area contributed by atoms with Crippen molar-refractivity contribution in [3.63, 3.8) is 0 Å². The Balaban J connectivity index is 3.06. The van der Waals surface area contributed by atoms with Crippen molar-refractivity contribution in [2.75, 3.05) is 5.32 Å². The fourth-order valence-electron chi connectivity index (χ4n) is 2.20. The number of carbonyl (C=O) groups is 1. The quantitative estimate of drug-likeness (QED) is 0.617. The molecule has 0 spiro atoms. The molecule has 2 N–H and O–H groups in total. The molecule has 0 saturated carbocycles. The minimum absolute atomic E-state index is 0.105. The summed E-state index contributed by atoms with van der Waals surface area (Å²) in [5, 5.41) is 23.1. The number of aryl methyl sites for hydroxylation is 1. The average Bonchev–Trinajstić information content (AvgIpc) is 2.24. The standard InChI is InChI=1S/C14H21N3O4/c1-9-5-6-15-13(12(9)17(20)21)16-10(7-11(18)19)8-14(2,3)4/h5-6,10H,7-8H2,1-4H3,(H,15,16)(H,18,19). The fraction of sp³-hybridized carbons (Fsp3) is 0.571. The largest absolute Gasteiger partial charge is 0.481 e. The first-order valence-electron chi connectivity index (χ1n) is 6.68. The number of rotatable bonds is 6. The maximum Gasteiger partial charge on any atom is 0.314 e. The zero-order valence-electron chi connectivity index (χ0n) is 12.7. The molecule has 116 valence electrons. The van der Waals surface area contributed by atoms with E-state index in [4.69, 9.17) is 5.11 Å². The average molecular weight is 295 g/mol. The summed E-state index contributed by atoms with van der Waals surface area (Å²) in [5.74, 6) is -0.831. The Morgan fingerprint density at radius 3 is 2.62 bits per heavy atom. The van der Waals surface area contributed by atoms with Crippen LogP contribution < -0.4 is 5.32 Å². The highest BCUT2D eigenvalue weighted by Gasteiger charge is 2.25. The number of carboxylic acid groups (broad SMARTS) is 1. The molecule has 0 bridgehead atoms. The second-order valence-corrected chi connectivity index (χ2v) is 6.29. The summed E-state index contributed by atoms with van der Waals surface area (Å²) in [4.78, 5) is 25.6. The predicted octanol–water partition coefficient (Wildman–Crippen LogP) is 2.99. The maximum absolute atomic E-state index is 11.1. The van der Waals surface area contributed by atoms with Gasteiger partial charge in [-0.3, -0.25) is 14.9 Å². The number of nitro groups is 1. The first-order valence-corrected chi connectivity index (χ1v) is 6.68. The minimum atomic E-state index is -0.952. The Morgan fingerprint density at radius 1 is 1.52 bits per heavy atom. The summed E-state index contributed by atoms with van der Waals surface area (Å²) in [6.07, 6.45) is 1.91. The molecule has 0 saturated heterocycles. The molecular formula is C14H21N3O4. The maximum atomic E-state index is 11.1. The second-order valence-electron chi connectivity index (χ2n) is 6.29. The lowest BCUT2D eigenvalue weighted by molar-refractivity contribution is -0.384. The number of aliphatic carboxylic acids is 1. The van der Waals surface area contributed by atoms with Crippen molar-refractivity contribution in [2.24, 2.45) is 5.41 Å².